The number of hydroxylamine groups is 2. The van der Waals surface area contributed by atoms with Gasteiger partial charge in [-0.2, -0.15) is 5.06 Å². The zero-order chi connectivity index (χ0) is 17.7. The highest BCUT2D eigenvalue weighted by atomic mass is 35.5. The number of alkyl halides is 1. The lowest BCUT2D eigenvalue weighted by atomic mass is 9.79. The first-order chi connectivity index (χ1) is 11.2. The van der Waals surface area contributed by atoms with Crippen molar-refractivity contribution in [3.8, 4) is 0 Å². The molecule has 2 heterocycles. The summed E-state index contributed by atoms with van der Waals surface area (Å²) in [5, 5.41) is 1.75. The molecule has 1 aromatic carbocycles. The maximum absolute atomic E-state index is 13.3. The number of carbonyl (C=O) groups excluding carboxylic acids is 2. The number of benzene rings is 1. The van der Waals surface area contributed by atoms with Crippen molar-refractivity contribution >= 4 is 23.4 Å². The average Bonchev–Trinajstić information content (AvgIpc) is 2.69. The maximum Gasteiger partial charge on any atom is 0.340 e. The van der Waals surface area contributed by atoms with Crippen LogP contribution in [0, 0.1) is 20.8 Å². The van der Waals surface area contributed by atoms with E-state index in [-0.39, 0.29) is 5.78 Å². The smallest absolute Gasteiger partial charge is 0.340 e. The van der Waals surface area contributed by atoms with Gasteiger partial charge in [-0.25, -0.2) is 4.79 Å². The van der Waals surface area contributed by atoms with Gasteiger partial charge < -0.3 is 9.57 Å². The number of halogens is 1. The average molecular weight is 352 g/mol. The lowest BCUT2D eigenvalue weighted by molar-refractivity contribution is -0.184. The molecule has 2 fully saturated rings. The van der Waals surface area contributed by atoms with Crippen LogP contribution < -0.4 is 0 Å². The topological polar surface area (TPSA) is 55.8 Å². The van der Waals surface area contributed by atoms with Gasteiger partial charge in [0.25, 0.3) is 0 Å². The Bertz CT molecular complexity index is 686. The van der Waals surface area contributed by atoms with E-state index in [2.05, 4.69) is 0 Å². The highest BCUT2D eigenvalue weighted by Gasteiger charge is 2.66. The Morgan fingerprint density at radius 2 is 1.67 bits per heavy atom. The molecule has 3 rings (SSSR count). The van der Waals surface area contributed by atoms with E-state index in [0.717, 1.165) is 16.7 Å². The second kappa shape index (κ2) is 5.83. The molecule has 2 aliphatic rings. The van der Waals surface area contributed by atoms with Gasteiger partial charge in [0.05, 0.1) is 7.11 Å². The fourth-order valence-electron chi connectivity index (χ4n) is 4.00. The summed E-state index contributed by atoms with van der Waals surface area (Å²) in [5.41, 5.74) is 2.16. The Labute approximate surface area is 146 Å². The molecule has 2 saturated heterocycles. The van der Waals surface area contributed by atoms with Crippen molar-refractivity contribution < 1.29 is 19.2 Å². The minimum absolute atomic E-state index is 0.340. The molecule has 1 unspecified atom stereocenters. The Kier molecular flexibility index (Phi) is 4.22. The fraction of sp³-hybridized carbons (Fsp3) is 0.556. The van der Waals surface area contributed by atoms with Crippen molar-refractivity contribution in [2.75, 3.05) is 20.2 Å². The highest BCUT2D eigenvalue weighted by Crippen LogP contribution is 2.49. The van der Waals surface area contributed by atoms with E-state index in [4.69, 9.17) is 21.2 Å². The van der Waals surface area contributed by atoms with Gasteiger partial charge in [-0.1, -0.05) is 29.3 Å². The van der Waals surface area contributed by atoms with Gasteiger partial charge in [-0.15, -0.1) is 0 Å². The summed E-state index contributed by atoms with van der Waals surface area (Å²) in [6.07, 6.45) is 0.785. The Morgan fingerprint density at radius 3 is 2.17 bits per heavy atom. The normalized spacial score (nSPS) is 26.9. The largest absolute Gasteiger partial charge is 0.449 e. The number of hydrogen-bond acceptors (Lipinski definition) is 5. The molecule has 1 aromatic rings. The number of ether oxygens (including phenoxy) is 1. The summed E-state index contributed by atoms with van der Waals surface area (Å²) in [6.45, 7) is 6.77. The van der Waals surface area contributed by atoms with Crippen LogP contribution in [0.15, 0.2) is 12.1 Å². The Morgan fingerprint density at radius 1 is 1.12 bits per heavy atom. The van der Waals surface area contributed by atoms with Crippen LogP contribution in [0.1, 0.15) is 35.1 Å². The molecule has 1 spiro atoms. The molecule has 6 heteroatoms. The molecule has 0 aliphatic carbocycles. The number of piperidine rings is 1. The van der Waals surface area contributed by atoms with E-state index in [1.165, 1.54) is 0 Å². The second-order valence-corrected chi connectivity index (χ2v) is 7.32. The third kappa shape index (κ3) is 2.38. The van der Waals surface area contributed by atoms with Crippen LogP contribution in [0.3, 0.4) is 0 Å². The predicted molar refractivity (Wildman–Crippen MR) is 89.8 cm³/mol. The number of rotatable bonds is 2. The van der Waals surface area contributed by atoms with Crippen molar-refractivity contribution in [3.63, 3.8) is 0 Å². The van der Waals surface area contributed by atoms with Crippen LogP contribution in [0.5, 0.6) is 0 Å². The van der Waals surface area contributed by atoms with Gasteiger partial charge in [0.15, 0.2) is 5.60 Å². The van der Waals surface area contributed by atoms with Crippen molar-refractivity contribution in [3.05, 3.63) is 34.4 Å². The van der Waals surface area contributed by atoms with Crippen molar-refractivity contribution in [2.24, 2.45) is 0 Å². The number of aryl methyl sites for hydroxylation is 3. The van der Waals surface area contributed by atoms with Gasteiger partial charge in [0.2, 0.25) is 10.7 Å². The van der Waals surface area contributed by atoms with Crippen LogP contribution in [0.25, 0.3) is 0 Å². The first-order valence-electron chi connectivity index (χ1n) is 8.09. The predicted octanol–water partition coefficient (Wildman–Crippen LogP) is 2.57. The number of Topliss-reactive ketones (excluding diaryl/α,β-unsaturated/α-hetero) is 1. The molecule has 0 amide bonds. The first-order valence-corrected chi connectivity index (χ1v) is 8.47. The third-order valence-electron chi connectivity index (χ3n) is 5.11. The monoisotopic (exact) mass is 351 g/mol. The summed E-state index contributed by atoms with van der Waals surface area (Å²) in [7, 11) is 1.59. The Balaban J connectivity index is 2.03. The number of esters is 1. The molecule has 2 aliphatic heterocycles. The van der Waals surface area contributed by atoms with Crippen molar-refractivity contribution in [1.82, 2.24) is 5.06 Å². The molecule has 0 saturated carbocycles. The van der Waals surface area contributed by atoms with Crippen LogP contribution in [0.4, 0.5) is 0 Å². The SMILES string of the molecule is CON1CCC2(CC1)OC(=O)C(Cl)(c1c(C)cc(C)cc1C)C2=O. The van der Waals surface area contributed by atoms with E-state index >= 15 is 0 Å². The molecule has 0 radical (unpaired) electrons. The molecule has 130 valence electrons. The van der Waals surface area contributed by atoms with E-state index < -0.39 is 16.4 Å². The quantitative estimate of drug-likeness (QED) is 0.465. The fourth-order valence-corrected chi connectivity index (χ4v) is 4.51. The van der Waals surface area contributed by atoms with Gasteiger partial charge in [0.1, 0.15) is 0 Å². The van der Waals surface area contributed by atoms with Crippen LogP contribution in [-0.2, 0) is 24.0 Å². The summed E-state index contributed by atoms with van der Waals surface area (Å²) in [6, 6.07) is 3.87. The number of carbonyl (C=O) groups is 2. The zero-order valence-electron chi connectivity index (χ0n) is 14.4. The van der Waals surface area contributed by atoms with E-state index in [1.807, 2.05) is 32.9 Å². The van der Waals surface area contributed by atoms with E-state index in [1.54, 1.807) is 12.2 Å². The van der Waals surface area contributed by atoms with Crippen LogP contribution in [-0.4, -0.2) is 42.6 Å². The molecular weight excluding hydrogens is 330 g/mol. The lowest BCUT2D eigenvalue weighted by Gasteiger charge is -2.35. The van der Waals surface area contributed by atoms with Gasteiger partial charge in [-0.3, -0.25) is 4.79 Å². The molecule has 24 heavy (non-hydrogen) atoms. The molecule has 0 N–H and O–H groups in total. The van der Waals surface area contributed by atoms with Crippen molar-refractivity contribution in [2.45, 2.75) is 44.1 Å². The third-order valence-corrected chi connectivity index (χ3v) is 5.62. The van der Waals surface area contributed by atoms with E-state index in [0.29, 0.717) is 31.5 Å². The van der Waals surface area contributed by atoms with Crippen molar-refractivity contribution in [1.29, 1.82) is 0 Å². The molecule has 0 bridgehead atoms. The summed E-state index contributed by atoms with van der Waals surface area (Å²) in [5.74, 6) is -0.998. The summed E-state index contributed by atoms with van der Waals surface area (Å²) >= 11 is 6.68. The number of hydrogen-bond donors (Lipinski definition) is 0. The van der Waals surface area contributed by atoms with E-state index in [9.17, 15) is 9.59 Å². The lowest BCUT2D eigenvalue weighted by Crippen LogP contribution is -2.50. The number of nitrogens with zero attached hydrogens (tertiary/aromatic N) is 1. The molecular formula is C18H22ClNO4. The molecule has 1 atom stereocenters. The first kappa shape index (κ1) is 17.4. The minimum atomic E-state index is -1.75. The van der Waals surface area contributed by atoms with Gasteiger partial charge in [-0.05, 0) is 37.5 Å². The zero-order valence-corrected chi connectivity index (χ0v) is 15.2. The standard InChI is InChI=1S/C18H22ClNO4/c1-11-9-12(2)14(13(3)10-11)18(19)15(21)17(24-16(18)22)5-7-20(23-4)8-6-17/h9-10H,5-8H2,1-4H3. The van der Waals surface area contributed by atoms with Gasteiger partial charge in [0, 0.05) is 25.9 Å². The highest BCUT2D eigenvalue weighted by molar-refractivity contribution is 6.48. The number of ketones is 1. The minimum Gasteiger partial charge on any atom is -0.449 e. The summed E-state index contributed by atoms with van der Waals surface area (Å²) in [4.78, 5) is 29.4. The summed E-state index contributed by atoms with van der Waals surface area (Å²) < 4.78 is 5.60. The second-order valence-electron chi connectivity index (χ2n) is 6.76. The maximum atomic E-state index is 13.3. The Hall–Kier alpha value is -1.43. The van der Waals surface area contributed by atoms with Crippen LogP contribution >= 0.6 is 11.6 Å². The van der Waals surface area contributed by atoms with Gasteiger partial charge >= 0.3 is 5.97 Å². The van der Waals surface area contributed by atoms with Crippen LogP contribution in [0.2, 0.25) is 0 Å². The molecule has 0 aromatic heterocycles. The molecule has 5 nitrogen and oxygen atoms in total.